The number of nitrogens with zero attached hydrogens (tertiary/aromatic N) is 1. The maximum atomic E-state index is 11.4. The summed E-state index contributed by atoms with van der Waals surface area (Å²) in [5.41, 5.74) is 3.94. The van der Waals surface area contributed by atoms with Gasteiger partial charge >= 0.3 is 12.1 Å². The molecular formula is C10H11ClN4O5. The lowest BCUT2D eigenvalue weighted by Crippen LogP contribution is -2.44. The van der Waals surface area contributed by atoms with E-state index in [1.165, 1.54) is 12.1 Å². The molecule has 0 saturated heterocycles. The number of hydrogen-bond acceptors (Lipinski definition) is 5. The highest BCUT2D eigenvalue weighted by molar-refractivity contribution is 6.33. The monoisotopic (exact) mass is 302 g/mol. The van der Waals surface area contributed by atoms with E-state index in [1.807, 2.05) is 10.9 Å². The fourth-order valence-electron chi connectivity index (χ4n) is 1.15. The molecule has 20 heavy (non-hydrogen) atoms. The lowest BCUT2D eigenvalue weighted by molar-refractivity contribution is -0.384. The first-order valence-corrected chi connectivity index (χ1v) is 5.75. The Morgan fingerprint density at radius 3 is 2.65 bits per heavy atom. The Morgan fingerprint density at radius 2 is 2.10 bits per heavy atom. The molecule has 3 N–H and O–H groups in total. The number of non-ortho nitro benzene ring substituents is 1. The van der Waals surface area contributed by atoms with E-state index in [0.29, 0.717) is 0 Å². The predicted molar refractivity (Wildman–Crippen MR) is 70.4 cm³/mol. The minimum Gasteiger partial charge on any atom is -0.449 e. The van der Waals surface area contributed by atoms with Crippen molar-refractivity contribution in [1.29, 1.82) is 0 Å². The molecule has 3 amide bonds. The van der Waals surface area contributed by atoms with E-state index in [0.717, 1.165) is 6.07 Å². The third kappa shape index (κ3) is 4.61. The van der Waals surface area contributed by atoms with Crippen LogP contribution >= 0.6 is 11.6 Å². The zero-order valence-electron chi connectivity index (χ0n) is 10.3. The van der Waals surface area contributed by atoms with Gasteiger partial charge in [-0.2, -0.15) is 0 Å². The van der Waals surface area contributed by atoms with Gasteiger partial charge in [-0.05, 0) is 13.0 Å². The zero-order chi connectivity index (χ0) is 15.1. The summed E-state index contributed by atoms with van der Waals surface area (Å²) in [6.07, 6.45) is -0.822. The number of carbonyl (C=O) groups excluding carboxylic acids is 2. The fourth-order valence-corrected chi connectivity index (χ4v) is 1.37. The van der Waals surface area contributed by atoms with Gasteiger partial charge in [-0.3, -0.25) is 10.1 Å². The molecule has 1 aromatic carbocycles. The number of halogens is 1. The summed E-state index contributed by atoms with van der Waals surface area (Å²) in [7, 11) is 0. The third-order valence-corrected chi connectivity index (χ3v) is 2.28. The number of rotatable bonds is 3. The number of amides is 3. The molecule has 0 spiro atoms. The van der Waals surface area contributed by atoms with Gasteiger partial charge in [-0.15, -0.1) is 0 Å². The number of nitrogens with one attached hydrogen (secondary N) is 3. The summed E-state index contributed by atoms with van der Waals surface area (Å²) in [5, 5.41) is 12.8. The molecule has 0 aliphatic carbocycles. The molecule has 1 rings (SSSR count). The number of benzene rings is 1. The molecule has 0 saturated carbocycles. The van der Waals surface area contributed by atoms with Crippen LogP contribution in [0.2, 0.25) is 5.02 Å². The molecule has 0 atom stereocenters. The SMILES string of the molecule is CCOC(=O)NNC(=O)Nc1ccc([N+](=O)[O-])cc1Cl. The number of nitro benzene ring substituents is 1. The molecule has 0 aromatic heterocycles. The van der Waals surface area contributed by atoms with Crippen molar-refractivity contribution in [2.24, 2.45) is 0 Å². The van der Waals surface area contributed by atoms with Gasteiger partial charge in [0.2, 0.25) is 0 Å². The van der Waals surface area contributed by atoms with Gasteiger partial charge in [-0.25, -0.2) is 20.4 Å². The van der Waals surface area contributed by atoms with Gasteiger partial charge in [0.1, 0.15) is 0 Å². The molecular weight excluding hydrogens is 292 g/mol. The molecule has 0 fully saturated rings. The predicted octanol–water partition coefficient (Wildman–Crippen LogP) is 2.03. The first kappa shape index (κ1) is 15.5. The van der Waals surface area contributed by atoms with Crippen LogP contribution in [0.5, 0.6) is 0 Å². The Balaban J connectivity index is 2.58. The molecule has 0 radical (unpaired) electrons. The number of ether oxygens (including phenoxy) is 1. The minimum atomic E-state index is -0.822. The number of hydrogen-bond donors (Lipinski definition) is 3. The van der Waals surface area contributed by atoms with Crippen LogP contribution in [0.25, 0.3) is 0 Å². The first-order valence-electron chi connectivity index (χ1n) is 5.37. The Labute approximate surface area is 118 Å². The van der Waals surface area contributed by atoms with Crippen LogP contribution in [0.3, 0.4) is 0 Å². The van der Waals surface area contributed by atoms with Crippen LogP contribution < -0.4 is 16.2 Å². The average Bonchev–Trinajstić information content (AvgIpc) is 2.39. The smallest absolute Gasteiger partial charge is 0.426 e. The van der Waals surface area contributed by atoms with Crippen LogP contribution in [-0.2, 0) is 4.74 Å². The number of anilines is 1. The summed E-state index contributed by atoms with van der Waals surface area (Å²) in [4.78, 5) is 32.2. The van der Waals surface area contributed by atoms with Gasteiger partial charge in [-0.1, -0.05) is 11.6 Å². The van der Waals surface area contributed by atoms with E-state index >= 15 is 0 Å². The standard InChI is InChI=1S/C10H11ClN4O5/c1-2-20-10(17)14-13-9(16)12-8-4-3-6(15(18)19)5-7(8)11/h3-5H,2H2,1H3,(H,14,17)(H2,12,13,16). The second-order valence-corrected chi connectivity index (χ2v) is 3.75. The van der Waals surface area contributed by atoms with Crippen molar-refractivity contribution in [3.8, 4) is 0 Å². The normalized spacial score (nSPS) is 9.50. The van der Waals surface area contributed by atoms with E-state index in [2.05, 4.69) is 10.1 Å². The summed E-state index contributed by atoms with van der Waals surface area (Å²) >= 11 is 5.77. The highest BCUT2D eigenvalue weighted by atomic mass is 35.5. The van der Waals surface area contributed by atoms with Crippen molar-refractivity contribution in [1.82, 2.24) is 10.9 Å². The van der Waals surface area contributed by atoms with Crippen LogP contribution in [0.15, 0.2) is 18.2 Å². The highest BCUT2D eigenvalue weighted by Crippen LogP contribution is 2.26. The maximum Gasteiger partial charge on any atom is 0.426 e. The highest BCUT2D eigenvalue weighted by Gasteiger charge is 2.11. The van der Waals surface area contributed by atoms with Crippen molar-refractivity contribution in [2.75, 3.05) is 11.9 Å². The molecule has 0 bridgehead atoms. The second-order valence-electron chi connectivity index (χ2n) is 3.35. The molecule has 0 aliphatic heterocycles. The van der Waals surface area contributed by atoms with E-state index in [1.54, 1.807) is 6.92 Å². The molecule has 108 valence electrons. The van der Waals surface area contributed by atoms with Gasteiger partial charge in [0.15, 0.2) is 0 Å². The van der Waals surface area contributed by atoms with Crippen molar-refractivity contribution in [3.63, 3.8) is 0 Å². The van der Waals surface area contributed by atoms with Crippen molar-refractivity contribution in [3.05, 3.63) is 33.3 Å². The average molecular weight is 303 g/mol. The van der Waals surface area contributed by atoms with E-state index < -0.39 is 17.0 Å². The molecule has 10 heteroatoms. The molecule has 0 aliphatic rings. The summed E-state index contributed by atoms with van der Waals surface area (Å²) in [5.74, 6) is 0. The number of carbonyl (C=O) groups is 2. The van der Waals surface area contributed by atoms with E-state index in [4.69, 9.17) is 11.6 Å². The topological polar surface area (TPSA) is 123 Å². The Hall–Kier alpha value is -2.55. The van der Waals surface area contributed by atoms with Crippen LogP contribution in [0.1, 0.15) is 6.92 Å². The largest absolute Gasteiger partial charge is 0.449 e. The van der Waals surface area contributed by atoms with Gasteiger partial charge in [0.25, 0.3) is 5.69 Å². The molecule has 0 unspecified atom stereocenters. The maximum absolute atomic E-state index is 11.4. The van der Waals surface area contributed by atoms with E-state index in [9.17, 15) is 19.7 Å². The minimum absolute atomic E-state index is 0.00881. The molecule has 9 nitrogen and oxygen atoms in total. The van der Waals surface area contributed by atoms with Crippen molar-refractivity contribution < 1.29 is 19.2 Å². The Morgan fingerprint density at radius 1 is 1.40 bits per heavy atom. The lowest BCUT2D eigenvalue weighted by atomic mass is 10.3. The molecule has 0 heterocycles. The third-order valence-electron chi connectivity index (χ3n) is 1.97. The van der Waals surface area contributed by atoms with Crippen LogP contribution in [-0.4, -0.2) is 23.7 Å². The van der Waals surface area contributed by atoms with Crippen LogP contribution in [0, 0.1) is 10.1 Å². The zero-order valence-corrected chi connectivity index (χ0v) is 11.1. The summed E-state index contributed by atoms with van der Waals surface area (Å²) < 4.78 is 4.51. The van der Waals surface area contributed by atoms with Crippen molar-refractivity contribution in [2.45, 2.75) is 6.92 Å². The van der Waals surface area contributed by atoms with Gasteiger partial charge < -0.3 is 10.1 Å². The van der Waals surface area contributed by atoms with Crippen molar-refractivity contribution >= 4 is 35.1 Å². The first-order chi connectivity index (χ1) is 9.43. The second kappa shape index (κ2) is 7.14. The number of hydrazine groups is 1. The van der Waals surface area contributed by atoms with Gasteiger partial charge in [0.05, 0.1) is 22.2 Å². The number of urea groups is 1. The Bertz CT molecular complexity index is 536. The molecule has 1 aromatic rings. The lowest BCUT2D eigenvalue weighted by Gasteiger charge is -2.09. The van der Waals surface area contributed by atoms with Gasteiger partial charge in [0, 0.05) is 12.1 Å². The Kier molecular flexibility index (Phi) is 5.54. The van der Waals surface area contributed by atoms with Crippen LogP contribution in [0.4, 0.5) is 21.0 Å². The summed E-state index contributed by atoms with van der Waals surface area (Å²) in [6.45, 7) is 1.76. The number of nitro groups is 1. The fraction of sp³-hybridized carbons (Fsp3) is 0.200. The summed E-state index contributed by atoms with van der Waals surface area (Å²) in [6, 6.07) is 2.76. The quantitative estimate of drug-likeness (QED) is 0.582. The van der Waals surface area contributed by atoms with E-state index in [-0.39, 0.29) is 23.0 Å².